The standard InChI is InChI=1S/C2H3ClO3P/c3-7(4)5-1-2-6-7/h1-2,4H/q+1. The molecule has 0 radical (unpaired) electrons. The summed E-state index contributed by atoms with van der Waals surface area (Å²) in [5.41, 5.74) is 0. The molecule has 0 bridgehead atoms. The van der Waals surface area contributed by atoms with E-state index in [-0.39, 0.29) is 0 Å². The number of hydrogen-bond donors (Lipinski definition) is 1. The maximum absolute atomic E-state index is 8.56. The molecule has 0 atom stereocenters. The summed E-state index contributed by atoms with van der Waals surface area (Å²) in [6, 6.07) is 0. The Bertz CT molecular complexity index is 91.1. The van der Waals surface area contributed by atoms with Crippen LogP contribution in [0.1, 0.15) is 0 Å². The second-order valence-electron chi connectivity index (χ2n) is 0.934. The van der Waals surface area contributed by atoms with E-state index in [0.29, 0.717) is 0 Å². The first-order valence-corrected chi connectivity index (χ1v) is 4.02. The Hall–Kier alpha value is 0.0200. The minimum atomic E-state index is -2.93. The van der Waals surface area contributed by atoms with Crippen molar-refractivity contribution in [2.75, 3.05) is 0 Å². The Kier molecular flexibility index (Phi) is 1.11. The van der Waals surface area contributed by atoms with Gasteiger partial charge in [0.1, 0.15) is 0 Å². The predicted octanol–water partition coefficient (Wildman–Crippen LogP) is 1.41. The van der Waals surface area contributed by atoms with Crippen molar-refractivity contribution in [2.45, 2.75) is 0 Å². The quantitative estimate of drug-likeness (QED) is 0.519. The first-order valence-electron chi connectivity index (χ1n) is 1.54. The zero-order valence-electron chi connectivity index (χ0n) is 3.24. The fourth-order valence-corrected chi connectivity index (χ4v) is 0.950. The minimum absolute atomic E-state index is 1.21. The van der Waals surface area contributed by atoms with Crippen molar-refractivity contribution in [2.24, 2.45) is 0 Å². The molecule has 0 aromatic carbocycles. The SMILES string of the molecule is O[P+]1(Cl)OC=CO1. The maximum atomic E-state index is 8.56. The maximum Gasteiger partial charge on any atom is 0.610 e. The highest BCUT2D eigenvalue weighted by Gasteiger charge is 2.43. The summed E-state index contributed by atoms with van der Waals surface area (Å²) in [5, 5.41) is 0. The molecular formula is C2H3ClO3P+. The molecule has 0 spiro atoms. The molecule has 0 fully saturated rings. The van der Waals surface area contributed by atoms with E-state index >= 15 is 0 Å². The smallest absolute Gasteiger partial charge is 0.269 e. The van der Waals surface area contributed by atoms with E-state index in [1.165, 1.54) is 12.5 Å². The summed E-state index contributed by atoms with van der Waals surface area (Å²) in [4.78, 5) is 8.56. The van der Waals surface area contributed by atoms with Crippen LogP contribution in [0.2, 0.25) is 0 Å². The van der Waals surface area contributed by atoms with Crippen molar-refractivity contribution in [1.29, 1.82) is 0 Å². The van der Waals surface area contributed by atoms with Gasteiger partial charge in [-0.3, -0.25) is 9.05 Å². The highest BCUT2D eigenvalue weighted by Crippen LogP contribution is 2.65. The lowest BCUT2D eigenvalue weighted by molar-refractivity contribution is 0.357. The molecule has 0 aliphatic carbocycles. The second-order valence-corrected chi connectivity index (χ2v) is 3.54. The molecule has 0 unspecified atom stereocenters. The molecule has 5 heteroatoms. The molecule has 1 aliphatic rings. The normalized spacial score (nSPS) is 23.7. The van der Waals surface area contributed by atoms with Crippen LogP contribution in [0.25, 0.3) is 0 Å². The zero-order chi connectivity index (χ0) is 5.33. The van der Waals surface area contributed by atoms with E-state index in [1.54, 1.807) is 0 Å². The van der Waals surface area contributed by atoms with E-state index < -0.39 is 7.30 Å². The van der Waals surface area contributed by atoms with Gasteiger partial charge in [-0.25, -0.2) is 0 Å². The molecule has 1 rings (SSSR count). The fourth-order valence-electron chi connectivity index (χ4n) is 0.225. The van der Waals surface area contributed by atoms with Gasteiger partial charge in [0, 0.05) is 0 Å². The Labute approximate surface area is 45.9 Å². The minimum Gasteiger partial charge on any atom is -0.269 e. The summed E-state index contributed by atoms with van der Waals surface area (Å²) < 4.78 is 8.74. The van der Waals surface area contributed by atoms with Gasteiger partial charge in [-0.15, -0.1) is 0 Å². The lowest BCUT2D eigenvalue weighted by atomic mass is 11.1. The summed E-state index contributed by atoms with van der Waals surface area (Å²) in [6.07, 6.45) is 2.42. The van der Waals surface area contributed by atoms with Crippen LogP contribution in [0.4, 0.5) is 0 Å². The average Bonchev–Trinajstić information content (AvgIpc) is 1.84. The molecule has 40 valence electrons. The van der Waals surface area contributed by atoms with E-state index in [1.807, 2.05) is 0 Å². The molecule has 0 saturated carbocycles. The van der Waals surface area contributed by atoms with Crippen LogP contribution in [0.3, 0.4) is 0 Å². The van der Waals surface area contributed by atoms with E-state index in [0.717, 1.165) is 0 Å². The van der Waals surface area contributed by atoms with Crippen LogP contribution in [-0.4, -0.2) is 4.89 Å². The Balaban J connectivity index is 2.49. The van der Waals surface area contributed by atoms with Crippen molar-refractivity contribution < 1.29 is 13.9 Å². The van der Waals surface area contributed by atoms with Crippen LogP contribution in [-0.2, 0) is 9.05 Å². The van der Waals surface area contributed by atoms with E-state index in [2.05, 4.69) is 9.05 Å². The Morgan fingerprint density at radius 3 is 2.00 bits per heavy atom. The van der Waals surface area contributed by atoms with Crippen molar-refractivity contribution >= 4 is 18.5 Å². The molecule has 0 amide bonds. The van der Waals surface area contributed by atoms with Gasteiger partial charge in [0.15, 0.2) is 12.5 Å². The Morgan fingerprint density at radius 2 is 1.86 bits per heavy atom. The van der Waals surface area contributed by atoms with Crippen molar-refractivity contribution in [1.82, 2.24) is 0 Å². The van der Waals surface area contributed by atoms with Gasteiger partial charge in [0.25, 0.3) is 0 Å². The molecule has 1 heterocycles. The molecule has 0 saturated heterocycles. The third-order valence-electron chi connectivity index (χ3n) is 0.437. The summed E-state index contributed by atoms with van der Waals surface area (Å²) in [7, 11) is -2.93. The molecule has 1 N–H and O–H groups in total. The fraction of sp³-hybridized carbons (Fsp3) is 0. The second kappa shape index (κ2) is 1.51. The number of rotatable bonds is 0. The van der Waals surface area contributed by atoms with E-state index in [9.17, 15) is 0 Å². The number of hydrogen-bond acceptors (Lipinski definition) is 3. The Morgan fingerprint density at radius 1 is 1.43 bits per heavy atom. The predicted molar refractivity (Wildman–Crippen MR) is 26.3 cm³/mol. The largest absolute Gasteiger partial charge is 0.610 e. The van der Waals surface area contributed by atoms with Gasteiger partial charge in [-0.05, 0) is 0 Å². The van der Waals surface area contributed by atoms with Gasteiger partial charge >= 0.3 is 7.30 Å². The van der Waals surface area contributed by atoms with Crippen LogP contribution in [0.5, 0.6) is 0 Å². The van der Waals surface area contributed by atoms with Crippen molar-refractivity contribution in [3.63, 3.8) is 0 Å². The highest BCUT2D eigenvalue weighted by molar-refractivity contribution is 7.87. The van der Waals surface area contributed by atoms with E-state index in [4.69, 9.17) is 16.1 Å². The molecular weight excluding hydrogens is 138 g/mol. The molecule has 0 aromatic rings. The third-order valence-corrected chi connectivity index (χ3v) is 1.68. The van der Waals surface area contributed by atoms with Gasteiger partial charge in [-0.1, -0.05) is 0 Å². The first kappa shape index (κ1) is 5.16. The summed E-state index contributed by atoms with van der Waals surface area (Å²) >= 11 is 5.13. The van der Waals surface area contributed by atoms with Gasteiger partial charge in [0.2, 0.25) is 11.2 Å². The summed E-state index contributed by atoms with van der Waals surface area (Å²) in [5.74, 6) is 0. The van der Waals surface area contributed by atoms with Crippen LogP contribution in [0, 0.1) is 0 Å². The molecule has 7 heavy (non-hydrogen) atoms. The molecule has 3 nitrogen and oxygen atoms in total. The van der Waals surface area contributed by atoms with Gasteiger partial charge < -0.3 is 0 Å². The van der Waals surface area contributed by atoms with Crippen LogP contribution >= 0.6 is 18.5 Å². The lowest BCUT2D eigenvalue weighted by Crippen LogP contribution is -1.76. The first-order chi connectivity index (χ1) is 3.21. The van der Waals surface area contributed by atoms with Crippen LogP contribution < -0.4 is 0 Å². The number of halogens is 1. The molecule has 1 aliphatic heterocycles. The van der Waals surface area contributed by atoms with Crippen molar-refractivity contribution in [3.05, 3.63) is 12.5 Å². The van der Waals surface area contributed by atoms with Gasteiger partial charge in [0.05, 0.1) is 0 Å². The topological polar surface area (TPSA) is 38.7 Å². The van der Waals surface area contributed by atoms with Gasteiger partial charge in [-0.2, -0.15) is 4.89 Å². The average molecular weight is 141 g/mol. The lowest BCUT2D eigenvalue weighted by Gasteiger charge is -1.94. The highest BCUT2D eigenvalue weighted by atomic mass is 35.7. The molecule has 0 aromatic heterocycles. The zero-order valence-corrected chi connectivity index (χ0v) is 4.89. The summed E-state index contributed by atoms with van der Waals surface area (Å²) in [6.45, 7) is 0. The third kappa shape index (κ3) is 1.20. The monoisotopic (exact) mass is 141 g/mol. The van der Waals surface area contributed by atoms with Crippen LogP contribution in [0.15, 0.2) is 12.5 Å². The van der Waals surface area contributed by atoms with Crippen molar-refractivity contribution in [3.8, 4) is 0 Å².